The number of piperidine rings is 1. The molecule has 2 aliphatic rings. The summed E-state index contributed by atoms with van der Waals surface area (Å²) in [5.41, 5.74) is 2.90. The maximum absolute atomic E-state index is 9.90. The molecule has 1 aliphatic carbocycles. The van der Waals surface area contributed by atoms with Crippen molar-refractivity contribution < 1.29 is 9.63 Å². The van der Waals surface area contributed by atoms with Crippen LogP contribution in [0.1, 0.15) is 43.5 Å². The van der Waals surface area contributed by atoms with E-state index in [4.69, 9.17) is 9.51 Å². The van der Waals surface area contributed by atoms with E-state index < -0.39 is 0 Å². The van der Waals surface area contributed by atoms with Crippen LogP contribution >= 0.6 is 0 Å². The Labute approximate surface area is 135 Å². The summed E-state index contributed by atoms with van der Waals surface area (Å²) in [7, 11) is 0. The van der Waals surface area contributed by atoms with E-state index in [2.05, 4.69) is 22.0 Å². The zero-order valence-electron chi connectivity index (χ0n) is 13.6. The van der Waals surface area contributed by atoms with Gasteiger partial charge in [0.1, 0.15) is 0 Å². The molecule has 3 heterocycles. The van der Waals surface area contributed by atoms with E-state index >= 15 is 0 Å². The highest BCUT2D eigenvalue weighted by Gasteiger charge is 2.32. The Morgan fingerprint density at radius 3 is 2.78 bits per heavy atom. The Morgan fingerprint density at radius 2 is 2.13 bits per heavy atom. The van der Waals surface area contributed by atoms with Crippen molar-refractivity contribution in [1.82, 2.24) is 15.1 Å². The predicted octanol–water partition coefficient (Wildman–Crippen LogP) is 2.52. The maximum Gasteiger partial charge on any atom is 0.225 e. The lowest BCUT2D eigenvalue weighted by Crippen LogP contribution is -2.42. The number of aliphatic hydroxyl groups is 1. The fraction of sp³-hybridized carbons (Fsp3) is 0.588. The molecule has 2 aromatic rings. The van der Waals surface area contributed by atoms with E-state index in [1.165, 1.54) is 12.8 Å². The second kappa shape index (κ2) is 5.60. The van der Waals surface area contributed by atoms with Crippen LogP contribution in [0.2, 0.25) is 0 Å². The van der Waals surface area contributed by atoms with Gasteiger partial charge in [0, 0.05) is 31.3 Å². The molecule has 6 heteroatoms. The van der Waals surface area contributed by atoms with Gasteiger partial charge >= 0.3 is 0 Å². The Hall–Kier alpha value is -1.95. The SMILES string of the molecule is Cc1cc(-c2cnc(N3CCC(O)C(C)C3)nc2C2CC2)on1. The predicted molar refractivity (Wildman–Crippen MR) is 86.2 cm³/mol. The molecule has 1 saturated carbocycles. The molecule has 2 unspecified atom stereocenters. The molecular weight excluding hydrogens is 292 g/mol. The topological polar surface area (TPSA) is 75.3 Å². The third kappa shape index (κ3) is 2.83. The van der Waals surface area contributed by atoms with Gasteiger partial charge in [-0.05, 0) is 32.1 Å². The van der Waals surface area contributed by atoms with Gasteiger partial charge in [-0.25, -0.2) is 9.97 Å². The smallest absolute Gasteiger partial charge is 0.225 e. The van der Waals surface area contributed by atoms with Gasteiger partial charge in [-0.3, -0.25) is 0 Å². The lowest BCUT2D eigenvalue weighted by molar-refractivity contribution is 0.0966. The average molecular weight is 314 g/mol. The molecular formula is C17H22N4O2. The standard InChI is InChI=1S/C17H22N4O2/c1-10-9-21(6-5-14(10)22)17-18-8-13(15-7-11(2)20-23-15)16(19-17)12-3-4-12/h7-8,10,12,14,22H,3-6,9H2,1-2H3. The zero-order chi connectivity index (χ0) is 16.0. The Morgan fingerprint density at radius 1 is 1.30 bits per heavy atom. The summed E-state index contributed by atoms with van der Waals surface area (Å²) < 4.78 is 5.41. The first-order valence-corrected chi connectivity index (χ1v) is 8.35. The Balaban J connectivity index is 1.66. The summed E-state index contributed by atoms with van der Waals surface area (Å²) in [5, 5.41) is 13.9. The monoisotopic (exact) mass is 314 g/mol. The fourth-order valence-corrected chi connectivity index (χ4v) is 3.20. The van der Waals surface area contributed by atoms with Crippen LogP contribution in [-0.2, 0) is 0 Å². The molecule has 6 nitrogen and oxygen atoms in total. The minimum atomic E-state index is -0.217. The molecule has 23 heavy (non-hydrogen) atoms. The van der Waals surface area contributed by atoms with Crippen molar-refractivity contribution in [2.45, 2.75) is 45.1 Å². The Kier molecular flexibility index (Phi) is 3.56. The van der Waals surface area contributed by atoms with Gasteiger partial charge in [-0.15, -0.1) is 0 Å². The van der Waals surface area contributed by atoms with E-state index in [-0.39, 0.29) is 12.0 Å². The third-order valence-corrected chi connectivity index (χ3v) is 4.81. The largest absolute Gasteiger partial charge is 0.393 e. The van der Waals surface area contributed by atoms with E-state index in [9.17, 15) is 5.11 Å². The number of nitrogens with zero attached hydrogens (tertiary/aromatic N) is 4. The zero-order valence-corrected chi connectivity index (χ0v) is 13.6. The Bertz CT molecular complexity index is 710. The number of hydrogen-bond acceptors (Lipinski definition) is 6. The molecule has 4 rings (SSSR count). The van der Waals surface area contributed by atoms with E-state index in [1.54, 1.807) is 0 Å². The van der Waals surface area contributed by atoms with Gasteiger partial charge in [0.15, 0.2) is 5.76 Å². The van der Waals surface area contributed by atoms with Crippen molar-refractivity contribution in [3.05, 3.63) is 23.7 Å². The van der Waals surface area contributed by atoms with E-state index in [0.29, 0.717) is 5.92 Å². The summed E-state index contributed by atoms with van der Waals surface area (Å²) in [5.74, 6) is 2.27. The van der Waals surface area contributed by atoms with Crippen molar-refractivity contribution in [3.63, 3.8) is 0 Å². The first-order chi connectivity index (χ1) is 11.1. The second-order valence-electron chi connectivity index (χ2n) is 6.86. The minimum absolute atomic E-state index is 0.217. The number of aliphatic hydroxyl groups excluding tert-OH is 1. The molecule has 0 radical (unpaired) electrons. The number of aromatic nitrogens is 3. The summed E-state index contributed by atoms with van der Waals surface area (Å²) in [6.07, 6.45) is 4.76. The molecule has 0 aromatic carbocycles. The highest BCUT2D eigenvalue weighted by molar-refractivity contribution is 5.62. The normalized spacial score (nSPS) is 24.9. The molecule has 0 bridgehead atoms. The van der Waals surface area contributed by atoms with Crippen LogP contribution in [0.15, 0.2) is 16.8 Å². The van der Waals surface area contributed by atoms with Crippen LogP contribution in [0.25, 0.3) is 11.3 Å². The summed E-state index contributed by atoms with van der Waals surface area (Å²) >= 11 is 0. The maximum atomic E-state index is 9.90. The molecule has 2 aromatic heterocycles. The van der Waals surface area contributed by atoms with Gasteiger partial charge in [-0.1, -0.05) is 12.1 Å². The lowest BCUT2D eigenvalue weighted by atomic mass is 9.97. The highest BCUT2D eigenvalue weighted by atomic mass is 16.5. The van der Waals surface area contributed by atoms with Crippen LogP contribution in [0.5, 0.6) is 0 Å². The second-order valence-corrected chi connectivity index (χ2v) is 6.86. The molecule has 122 valence electrons. The highest BCUT2D eigenvalue weighted by Crippen LogP contribution is 2.43. The first-order valence-electron chi connectivity index (χ1n) is 8.35. The molecule has 2 fully saturated rings. The average Bonchev–Trinajstić information content (AvgIpc) is 3.31. The number of anilines is 1. The molecule has 2 atom stereocenters. The summed E-state index contributed by atoms with van der Waals surface area (Å²) in [4.78, 5) is 11.6. The third-order valence-electron chi connectivity index (χ3n) is 4.81. The van der Waals surface area contributed by atoms with E-state index in [0.717, 1.165) is 48.2 Å². The van der Waals surface area contributed by atoms with Crippen LogP contribution in [0, 0.1) is 12.8 Å². The number of aryl methyl sites for hydroxylation is 1. The molecule has 1 N–H and O–H groups in total. The molecule has 1 aliphatic heterocycles. The number of hydrogen-bond donors (Lipinski definition) is 1. The molecule has 1 saturated heterocycles. The lowest BCUT2D eigenvalue weighted by Gasteiger charge is -2.34. The van der Waals surface area contributed by atoms with Crippen molar-refractivity contribution in [2.24, 2.45) is 5.92 Å². The van der Waals surface area contributed by atoms with Gasteiger partial charge in [0.05, 0.1) is 23.1 Å². The fourth-order valence-electron chi connectivity index (χ4n) is 3.20. The quantitative estimate of drug-likeness (QED) is 0.938. The van der Waals surface area contributed by atoms with Crippen molar-refractivity contribution >= 4 is 5.95 Å². The van der Waals surface area contributed by atoms with Gasteiger partial charge < -0.3 is 14.5 Å². The van der Waals surface area contributed by atoms with Crippen LogP contribution in [0.3, 0.4) is 0 Å². The summed E-state index contributed by atoms with van der Waals surface area (Å²) in [6.45, 7) is 5.59. The summed E-state index contributed by atoms with van der Waals surface area (Å²) in [6, 6.07) is 1.93. The number of rotatable bonds is 3. The van der Waals surface area contributed by atoms with Crippen molar-refractivity contribution in [3.8, 4) is 11.3 Å². The molecule has 0 amide bonds. The van der Waals surface area contributed by atoms with Gasteiger partial charge in [0.25, 0.3) is 0 Å². The minimum Gasteiger partial charge on any atom is -0.393 e. The van der Waals surface area contributed by atoms with Crippen LogP contribution < -0.4 is 4.90 Å². The van der Waals surface area contributed by atoms with E-state index in [1.807, 2.05) is 19.2 Å². The first kappa shape index (κ1) is 14.6. The molecule has 0 spiro atoms. The van der Waals surface area contributed by atoms with Gasteiger partial charge in [0.2, 0.25) is 5.95 Å². The van der Waals surface area contributed by atoms with Crippen molar-refractivity contribution in [2.75, 3.05) is 18.0 Å². The van der Waals surface area contributed by atoms with Crippen molar-refractivity contribution in [1.29, 1.82) is 0 Å². The van der Waals surface area contributed by atoms with Crippen LogP contribution in [0.4, 0.5) is 5.95 Å². The van der Waals surface area contributed by atoms with Gasteiger partial charge in [-0.2, -0.15) is 0 Å². The van der Waals surface area contributed by atoms with Crippen LogP contribution in [-0.4, -0.2) is 39.4 Å².